The predicted octanol–water partition coefficient (Wildman–Crippen LogP) is -3.64. The number of carboxylic acids is 1. The van der Waals surface area contributed by atoms with Crippen LogP contribution in [-0.2, 0) is 23.9 Å². The summed E-state index contributed by atoms with van der Waals surface area (Å²) in [5.74, 6) is -2.82. The first kappa shape index (κ1) is 15.2. The fourth-order valence-corrected chi connectivity index (χ4v) is 1.76. The summed E-state index contributed by atoms with van der Waals surface area (Å²) in [4.78, 5) is 44.3. The number of carboxylic acid groups (broad SMARTS) is 1. The van der Waals surface area contributed by atoms with Crippen molar-refractivity contribution in [2.24, 2.45) is 0 Å². The Hall–Kier alpha value is -0.840. The van der Waals surface area contributed by atoms with E-state index in [-0.39, 0.29) is 0 Å². The molecule has 0 fully saturated rings. The number of aliphatic carboxylic acids is 1. The number of esters is 1. The number of hydrogen-bond acceptors (Lipinski definition) is 6. The van der Waals surface area contributed by atoms with Crippen molar-refractivity contribution in [3.05, 3.63) is 0 Å². The van der Waals surface area contributed by atoms with Crippen molar-refractivity contribution in [2.45, 2.75) is 32.4 Å². The molecule has 0 aromatic carbocycles. The van der Waals surface area contributed by atoms with Gasteiger partial charge in [-0.3, -0.25) is 0 Å². The first-order chi connectivity index (χ1) is 8.77. The molecular formula is C9H13INO6S-. The van der Waals surface area contributed by atoms with Crippen LogP contribution >= 0.6 is 8.93 Å². The topological polar surface area (TPSA) is 110 Å². The Balaban J connectivity index is 4.50. The summed E-state index contributed by atoms with van der Waals surface area (Å²) in [7, 11) is 0.761. The molecule has 18 heavy (non-hydrogen) atoms. The van der Waals surface area contributed by atoms with Gasteiger partial charge in [-0.2, -0.15) is 0 Å². The molecule has 0 aliphatic carbocycles. The number of ether oxygens (including phenoxy) is 1. The van der Waals surface area contributed by atoms with Gasteiger partial charge in [-0.25, -0.2) is 0 Å². The average Bonchev–Trinajstić information content (AvgIpc) is 2.27. The van der Waals surface area contributed by atoms with Crippen molar-refractivity contribution in [2.75, 3.05) is 0 Å². The van der Waals surface area contributed by atoms with E-state index < -0.39 is 62.5 Å². The van der Waals surface area contributed by atoms with Crippen molar-refractivity contribution in [1.29, 1.82) is 0.594 Å². The molecule has 0 rings (SSSR count). The van der Waals surface area contributed by atoms with Gasteiger partial charge in [0.15, 0.2) is 0 Å². The van der Waals surface area contributed by atoms with Gasteiger partial charge in [-0.05, 0) is 0 Å². The number of carbonyl (C=O) groups excluding carboxylic acids is 3. The maximum atomic E-state index is 11.5. The summed E-state index contributed by atoms with van der Waals surface area (Å²) >= 11 is -1.09. The van der Waals surface area contributed by atoms with Gasteiger partial charge in [0.1, 0.15) is 0 Å². The Morgan fingerprint density at radius 3 is 2.56 bits per heavy atom. The molecule has 0 aromatic rings. The molecule has 1 amide bonds. The molecule has 0 saturated carbocycles. The van der Waals surface area contributed by atoms with Gasteiger partial charge in [0.25, 0.3) is 0 Å². The van der Waals surface area contributed by atoms with Crippen LogP contribution in [0.1, 0.15) is 20.3 Å². The zero-order valence-electron chi connectivity index (χ0n) is 10.6. The van der Waals surface area contributed by atoms with E-state index in [1.807, 2.05) is 0 Å². The SMILES string of the molecule is [3H][I-]SC(=O)C[C@H](NC(=O)[C@H](C)OC(C)=O)C(=O)O. The Kier molecular flexibility index (Phi) is 7.01. The fraction of sp³-hybridized carbons (Fsp3) is 0.556. The van der Waals surface area contributed by atoms with Gasteiger partial charge in [0.2, 0.25) is 0 Å². The van der Waals surface area contributed by atoms with Gasteiger partial charge in [-0.1, -0.05) is 0 Å². The molecule has 2 N–H and O–H groups in total. The van der Waals surface area contributed by atoms with Crippen LogP contribution in [0, 0.1) is 0 Å². The summed E-state index contributed by atoms with van der Waals surface area (Å²) in [6.07, 6.45) is -1.54. The fourth-order valence-electron chi connectivity index (χ4n) is 0.990. The molecule has 7 nitrogen and oxygen atoms in total. The summed E-state index contributed by atoms with van der Waals surface area (Å²) in [5.41, 5.74) is 0. The van der Waals surface area contributed by atoms with E-state index in [2.05, 4.69) is 10.1 Å². The van der Waals surface area contributed by atoms with E-state index >= 15 is 0 Å². The van der Waals surface area contributed by atoms with Crippen molar-refractivity contribution in [1.82, 2.24) is 5.32 Å². The Morgan fingerprint density at radius 2 is 2.11 bits per heavy atom. The number of rotatable bonds is 7. The molecule has 0 spiro atoms. The molecule has 0 aliphatic heterocycles. The number of amides is 1. The van der Waals surface area contributed by atoms with Crippen LogP contribution in [0.5, 0.6) is 0 Å². The van der Waals surface area contributed by atoms with Crippen LogP contribution in [0.3, 0.4) is 0 Å². The zero-order valence-corrected chi connectivity index (χ0v) is 12.6. The standard InChI is InChI=1S/C9H13INO6S/c1-4(17-5(2)12)8(14)11-6(9(15)16)3-7(13)18-10/h4,6,10H,3H2,1-2H3,(H,11,14)(H,15,16)/q-1/t4-,6-/m0/s1/i10T. The Labute approximate surface area is 120 Å². The van der Waals surface area contributed by atoms with Crippen LogP contribution < -0.4 is 26.3 Å². The first-order valence-corrected chi connectivity index (χ1v) is 8.15. The van der Waals surface area contributed by atoms with Crippen molar-refractivity contribution in [3.63, 3.8) is 0 Å². The predicted molar refractivity (Wildman–Crippen MR) is 59.4 cm³/mol. The third-order valence-electron chi connectivity index (χ3n) is 1.78. The number of halogens is 1. The monoisotopic (exact) mass is 392 g/mol. The van der Waals surface area contributed by atoms with E-state index in [0.717, 1.165) is 15.9 Å². The molecule has 0 aromatic heterocycles. The molecule has 2 atom stereocenters. The van der Waals surface area contributed by atoms with Gasteiger partial charge in [0, 0.05) is 0 Å². The Morgan fingerprint density at radius 1 is 1.50 bits per heavy atom. The minimum absolute atomic E-state index is 0.406. The van der Waals surface area contributed by atoms with Crippen molar-refractivity contribution in [3.8, 4) is 0 Å². The third kappa shape index (κ3) is 6.79. The first-order valence-electron chi connectivity index (χ1n) is 5.17. The van der Waals surface area contributed by atoms with E-state index in [1.54, 1.807) is 0 Å². The maximum absolute atomic E-state index is 11.5. The summed E-state index contributed by atoms with van der Waals surface area (Å²) in [6.45, 7) is 2.41. The molecule has 0 saturated heterocycles. The average molecular weight is 392 g/mol. The van der Waals surface area contributed by atoms with Crippen molar-refractivity contribution >= 4 is 31.9 Å². The van der Waals surface area contributed by atoms with E-state index in [4.69, 9.17) is 5.70 Å². The second-order valence-electron chi connectivity index (χ2n) is 3.30. The zero-order chi connectivity index (χ0) is 15.0. The van der Waals surface area contributed by atoms with E-state index in [0.29, 0.717) is 0 Å². The molecule has 9 heteroatoms. The minimum atomic E-state index is -1.39. The summed E-state index contributed by atoms with van der Waals surface area (Å²) in [6, 6.07) is -1.39. The van der Waals surface area contributed by atoms with Gasteiger partial charge >= 0.3 is 120 Å². The van der Waals surface area contributed by atoms with Crippen LogP contribution in [0.4, 0.5) is 0 Å². The second-order valence-corrected chi connectivity index (χ2v) is 5.24. The van der Waals surface area contributed by atoms with E-state index in [1.165, 1.54) is 6.92 Å². The van der Waals surface area contributed by atoms with Crippen LogP contribution in [0.25, 0.3) is 0 Å². The number of hydrogen-bond donors (Lipinski definition) is 2. The van der Waals surface area contributed by atoms with Crippen LogP contribution in [0.2, 0.25) is 0 Å². The normalized spacial score (nSPS) is 14.2. The summed E-state index contributed by atoms with van der Waals surface area (Å²) in [5, 5.41) is 10.5. The Bertz CT molecular complexity index is 380. The second kappa shape index (κ2) is 8.29. The molecule has 0 bridgehead atoms. The molecule has 0 radical (unpaired) electrons. The van der Waals surface area contributed by atoms with Crippen LogP contribution in [0.15, 0.2) is 0 Å². The third-order valence-corrected chi connectivity index (χ3v) is 3.60. The van der Waals surface area contributed by atoms with E-state index in [9.17, 15) is 19.2 Å². The van der Waals surface area contributed by atoms with Gasteiger partial charge < -0.3 is 0 Å². The van der Waals surface area contributed by atoms with Gasteiger partial charge in [-0.15, -0.1) is 0 Å². The molecule has 0 heterocycles. The van der Waals surface area contributed by atoms with Crippen LogP contribution in [-0.4, -0.2) is 40.8 Å². The molecule has 0 unspecified atom stereocenters. The quantitative estimate of drug-likeness (QED) is 0.340. The molecule has 0 aliphatic rings. The number of nitrogens with one attached hydrogen (secondary N) is 1. The molecular weight excluding hydrogens is 377 g/mol. The summed E-state index contributed by atoms with van der Waals surface area (Å²) < 4.78 is 11.5. The van der Waals surface area contributed by atoms with Gasteiger partial charge in [0.05, 0.1) is 0 Å². The number of carbonyl (C=O) groups is 4. The van der Waals surface area contributed by atoms with Crippen molar-refractivity contribution < 1.29 is 50.0 Å². The molecule has 104 valence electrons.